The molecule has 3 atom stereocenters. The lowest BCUT2D eigenvalue weighted by Gasteiger charge is -2.47. The number of halogens is 1. The maximum absolute atomic E-state index is 15.9. The predicted octanol–water partition coefficient (Wildman–Crippen LogP) is 7.69. The first-order valence-electron chi connectivity index (χ1n) is 16.6. The van der Waals surface area contributed by atoms with Crippen LogP contribution in [0.4, 0.5) is 10.2 Å². The zero-order chi connectivity index (χ0) is 34.4. The van der Waals surface area contributed by atoms with Crippen LogP contribution in [0.5, 0.6) is 5.75 Å². The number of aryl methyl sites for hydroxylation is 2. The Morgan fingerprint density at radius 2 is 1.92 bits per heavy atom. The van der Waals surface area contributed by atoms with Gasteiger partial charge in [0.1, 0.15) is 23.6 Å². The molecule has 4 aromatic rings. The van der Waals surface area contributed by atoms with Crippen molar-refractivity contribution in [3.63, 3.8) is 0 Å². The summed E-state index contributed by atoms with van der Waals surface area (Å²) in [6.45, 7) is 14.7. The lowest BCUT2D eigenvalue weighted by Crippen LogP contribution is -2.54. The summed E-state index contributed by atoms with van der Waals surface area (Å²) in [5, 5.41) is 15.0. The predicted molar refractivity (Wildman–Crippen MR) is 184 cm³/mol. The van der Waals surface area contributed by atoms with Crippen LogP contribution in [0, 0.1) is 19.7 Å². The molecule has 48 heavy (non-hydrogen) atoms. The van der Waals surface area contributed by atoms with Gasteiger partial charge in [0.2, 0.25) is 0 Å². The fourth-order valence-electron chi connectivity index (χ4n) is 6.63. The molecule has 9 nitrogen and oxygen atoms in total. The monoisotopic (exact) mass is 656 g/mol. The van der Waals surface area contributed by atoms with Crippen molar-refractivity contribution in [3.05, 3.63) is 77.3 Å². The topological polar surface area (TPSA) is 98.4 Å². The van der Waals surface area contributed by atoms with Gasteiger partial charge < -0.3 is 24.2 Å². The first-order valence-corrected chi connectivity index (χ1v) is 16.6. The number of anilines is 1. The second-order valence-electron chi connectivity index (χ2n) is 14.2. The van der Waals surface area contributed by atoms with E-state index in [1.54, 1.807) is 17.5 Å². The van der Waals surface area contributed by atoms with Crippen LogP contribution >= 0.6 is 0 Å². The van der Waals surface area contributed by atoms with Gasteiger partial charge in [-0.25, -0.2) is 9.37 Å². The van der Waals surface area contributed by atoms with E-state index in [9.17, 15) is 9.90 Å². The summed E-state index contributed by atoms with van der Waals surface area (Å²) in [5.41, 5.74) is 3.76. The molecule has 5 heterocycles. The molecule has 1 fully saturated rings. The maximum Gasteiger partial charge on any atom is 0.308 e. The number of aromatic nitrogens is 3. The average molecular weight is 657 g/mol. The number of rotatable bonds is 3. The minimum Gasteiger partial charge on any atom is -0.490 e. The molecule has 0 aliphatic carbocycles. The number of ether oxygens (including phenoxy) is 3. The zero-order valence-corrected chi connectivity index (χ0v) is 28.8. The Kier molecular flexibility index (Phi) is 9.08. The third-order valence-corrected chi connectivity index (χ3v) is 9.04. The van der Waals surface area contributed by atoms with Gasteiger partial charge >= 0.3 is 5.97 Å². The van der Waals surface area contributed by atoms with Crippen LogP contribution < -0.4 is 9.64 Å². The fraction of sp³-hybridized carbons (Fsp3) is 0.447. The van der Waals surface area contributed by atoms with Crippen LogP contribution in [-0.4, -0.2) is 62.4 Å². The summed E-state index contributed by atoms with van der Waals surface area (Å²) in [4.78, 5) is 19.2. The normalized spacial score (nSPS) is 21.7. The Hall–Kier alpha value is -4.28. The SMILES string of the molecule is Cc1ccc2c(c1F)-c1cccc(c1)-c1cc3nc(C)c(CC(=O)O)c(n3n1)N1CCC(C)(CC1OC(C)(C)C)OCC=CCC(C)O2. The molecule has 0 radical (unpaired) electrons. The second-order valence-corrected chi connectivity index (χ2v) is 14.2. The molecule has 10 heteroatoms. The number of hydrogen-bond acceptors (Lipinski definition) is 7. The molecule has 3 unspecified atom stereocenters. The summed E-state index contributed by atoms with van der Waals surface area (Å²) >= 11 is 0. The van der Waals surface area contributed by atoms with E-state index in [2.05, 4.69) is 11.8 Å². The highest BCUT2D eigenvalue weighted by molar-refractivity contribution is 5.78. The summed E-state index contributed by atoms with van der Waals surface area (Å²) < 4.78 is 37.1. The van der Waals surface area contributed by atoms with Crippen molar-refractivity contribution in [2.75, 3.05) is 18.1 Å². The molecule has 7 rings (SSSR count). The van der Waals surface area contributed by atoms with E-state index in [0.717, 1.165) is 5.56 Å². The number of hydrogen-bond donors (Lipinski definition) is 1. The molecule has 1 N–H and O–H groups in total. The summed E-state index contributed by atoms with van der Waals surface area (Å²) in [6, 6.07) is 13.0. The molecule has 6 bridgehead atoms. The van der Waals surface area contributed by atoms with Crippen LogP contribution in [0.15, 0.2) is 54.6 Å². The fourth-order valence-corrected chi connectivity index (χ4v) is 6.63. The number of piperidine rings is 1. The molecule has 0 amide bonds. The highest BCUT2D eigenvalue weighted by Gasteiger charge is 2.41. The molecule has 0 spiro atoms. The van der Waals surface area contributed by atoms with E-state index in [0.29, 0.717) is 83.3 Å². The molecular formula is C38H45FN4O5. The van der Waals surface area contributed by atoms with Crippen LogP contribution in [0.3, 0.4) is 0 Å². The first kappa shape index (κ1) is 33.6. The summed E-state index contributed by atoms with van der Waals surface area (Å²) in [5.74, 6) is -0.183. The van der Waals surface area contributed by atoms with Gasteiger partial charge in [0.25, 0.3) is 0 Å². The Morgan fingerprint density at radius 3 is 2.67 bits per heavy atom. The number of carboxylic acid groups (broad SMARTS) is 1. The molecule has 2 aromatic heterocycles. The lowest BCUT2D eigenvalue weighted by molar-refractivity contribution is -0.136. The third kappa shape index (κ3) is 6.96. The minimum atomic E-state index is -0.959. The van der Waals surface area contributed by atoms with Gasteiger partial charge in [-0.05, 0) is 78.1 Å². The number of aliphatic carboxylic acids is 1. The van der Waals surface area contributed by atoms with E-state index < -0.39 is 23.4 Å². The van der Waals surface area contributed by atoms with Crippen molar-refractivity contribution in [1.82, 2.24) is 14.6 Å². The Balaban J connectivity index is 1.58. The maximum atomic E-state index is 15.9. The minimum absolute atomic E-state index is 0.203. The van der Waals surface area contributed by atoms with Crippen molar-refractivity contribution in [1.29, 1.82) is 0 Å². The number of fused-ring (bicyclic) bond motifs is 7. The Morgan fingerprint density at radius 1 is 1.15 bits per heavy atom. The molecule has 1 saturated heterocycles. The smallest absolute Gasteiger partial charge is 0.308 e. The van der Waals surface area contributed by atoms with Crippen LogP contribution in [0.25, 0.3) is 28.0 Å². The van der Waals surface area contributed by atoms with Gasteiger partial charge in [0, 0.05) is 42.3 Å². The standard InChI is InChI=1S/C38H45FN4O5/c1-23-14-15-30-34(35(23)39)27-13-10-12-26(19-27)29-21-31-40-25(3)28(20-33(44)45)36(43(31)41-29)42-17-16-38(7,22-32(42)48-37(4,5)6)46-18-9-8-11-24(2)47-30/h8-10,12-15,19,21,24,32H,11,16-18,20,22H2,1-7H3,(H,44,45). The van der Waals surface area contributed by atoms with E-state index in [1.807, 2.05) is 83.2 Å². The largest absolute Gasteiger partial charge is 0.490 e. The van der Waals surface area contributed by atoms with E-state index in [4.69, 9.17) is 24.3 Å². The van der Waals surface area contributed by atoms with Crippen molar-refractivity contribution >= 4 is 17.4 Å². The van der Waals surface area contributed by atoms with Crippen molar-refractivity contribution in [2.45, 2.75) is 97.7 Å². The van der Waals surface area contributed by atoms with Crippen LogP contribution in [0.2, 0.25) is 0 Å². The van der Waals surface area contributed by atoms with Gasteiger partial charge in [-0.3, -0.25) is 4.79 Å². The van der Waals surface area contributed by atoms with Crippen molar-refractivity contribution in [3.8, 4) is 28.1 Å². The Bertz CT molecular complexity index is 1880. The molecule has 0 saturated carbocycles. The van der Waals surface area contributed by atoms with Gasteiger partial charge in [-0.15, -0.1) is 0 Å². The summed E-state index contributed by atoms with van der Waals surface area (Å²) in [6.07, 6.45) is 5.06. The van der Waals surface area contributed by atoms with Gasteiger partial charge in [0.05, 0.1) is 41.6 Å². The number of nitrogens with zero attached hydrogens (tertiary/aromatic N) is 4. The van der Waals surface area contributed by atoms with E-state index in [-0.39, 0.29) is 18.3 Å². The van der Waals surface area contributed by atoms with Gasteiger partial charge in [0.15, 0.2) is 5.65 Å². The second kappa shape index (κ2) is 13.0. The molecule has 2 aromatic carbocycles. The average Bonchev–Trinajstić information content (AvgIpc) is 3.42. The lowest BCUT2D eigenvalue weighted by atomic mass is 9.91. The van der Waals surface area contributed by atoms with Crippen molar-refractivity contribution in [2.24, 2.45) is 0 Å². The zero-order valence-electron chi connectivity index (χ0n) is 28.8. The molecular weight excluding hydrogens is 611 g/mol. The van der Waals surface area contributed by atoms with Crippen LogP contribution in [0.1, 0.15) is 70.7 Å². The van der Waals surface area contributed by atoms with E-state index in [1.165, 1.54) is 0 Å². The summed E-state index contributed by atoms with van der Waals surface area (Å²) in [7, 11) is 0. The highest BCUT2D eigenvalue weighted by Crippen LogP contribution is 2.40. The quantitative estimate of drug-likeness (QED) is 0.224. The highest BCUT2D eigenvalue weighted by atomic mass is 19.1. The van der Waals surface area contributed by atoms with Gasteiger partial charge in [-0.2, -0.15) is 9.61 Å². The molecule has 3 aliphatic rings. The molecule has 3 aliphatic heterocycles. The molecule has 254 valence electrons. The van der Waals surface area contributed by atoms with E-state index >= 15 is 4.39 Å². The Labute approximate surface area is 281 Å². The van der Waals surface area contributed by atoms with Crippen molar-refractivity contribution < 1.29 is 28.5 Å². The number of benzene rings is 2. The third-order valence-electron chi connectivity index (χ3n) is 9.04. The van der Waals surface area contributed by atoms with Gasteiger partial charge in [-0.1, -0.05) is 36.4 Å². The van der Waals surface area contributed by atoms with Crippen LogP contribution in [-0.2, 0) is 20.7 Å². The first-order chi connectivity index (χ1) is 22.7. The number of carboxylic acids is 1. The number of carbonyl (C=O) groups is 1.